The summed E-state index contributed by atoms with van der Waals surface area (Å²) in [5.41, 5.74) is -0.242. The third-order valence-corrected chi connectivity index (χ3v) is 3.11. The van der Waals surface area contributed by atoms with E-state index in [4.69, 9.17) is 4.11 Å². The van der Waals surface area contributed by atoms with Gasteiger partial charge in [-0.3, -0.25) is 0 Å². The second-order valence-electron chi connectivity index (χ2n) is 2.96. The Kier molecular flexibility index (Phi) is 0.325. The predicted molar refractivity (Wildman–Crippen MR) is 38.7 cm³/mol. The lowest BCUT2D eigenvalue weighted by molar-refractivity contribution is -0.0430. The quantitative estimate of drug-likeness (QED) is 0.426. The zero-order chi connectivity index (χ0) is 7.62. The van der Waals surface area contributed by atoms with Crippen molar-refractivity contribution in [3.05, 3.63) is 0 Å². The summed E-state index contributed by atoms with van der Waals surface area (Å²) in [7, 11) is 0. The molecular formula is C6H9I. The second-order valence-corrected chi connectivity index (χ2v) is 5.25. The van der Waals surface area contributed by atoms with Gasteiger partial charge in [0.05, 0.1) is 0 Å². The Morgan fingerprint density at radius 1 is 1.57 bits per heavy atom. The van der Waals surface area contributed by atoms with Gasteiger partial charge in [0.2, 0.25) is 0 Å². The maximum atomic E-state index is 7.24. The van der Waals surface area contributed by atoms with Crippen LogP contribution in [-0.4, -0.2) is 3.42 Å². The van der Waals surface area contributed by atoms with Crippen molar-refractivity contribution in [2.75, 3.05) is 0 Å². The molecule has 40 valence electrons. The van der Waals surface area contributed by atoms with Crippen LogP contribution in [0.15, 0.2) is 0 Å². The number of alkyl halides is 1. The summed E-state index contributed by atoms with van der Waals surface area (Å²) in [5.74, 6) is 0. The van der Waals surface area contributed by atoms with Gasteiger partial charge in [-0.25, -0.2) is 0 Å². The van der Waals surface area contributed by atoms with Crippen LogP contribution in [0.1, 0.15) is 30.2 Å². The first-order chi connectivity index (χ1) is 4.37. The summed E-state index contributed by atoms with van der Waals surface area (Å²) in [6, 6.07) is 0. The van der Waals surface area contributed by atoms with E-state index in [0.29, 0.717) is 3.42 Å². The Morgan fingerprint density at radius 2 is 2.14 bits per heavy atom. The number of halogens is 1. The Morgan fingerprint density at radius 3 is 2.29 bits per heavy atom. The van der Waals surface area contributed by atoms with Crippen LogP contribution < -0.4 is 0 Å². The van der Waals surface area contributed by atoms with Gasteiger partial charge in [0.15, 0.2) is 0 Å². The van der Waals surface area contributed by atoms with E-state index in [0.717, 1.165) is 19.3 Å². The molecule has 3 saturated carbocycles. The first-order valence-electron chi connectivity index (χ1n) is 4.06. The van der Waals surface area contributed by atoms with E-state index in [2.05, 4.69) is 22.6 Å². The Labute approximate surface area is 62.0 Å². The van der Waals surface area contributed by atoms with Gasteiger partial charge in [-0.2, -0.15) is 0 Å². The highest BCUT2D eigenvalue weighted by Crippen LogP contribution is 2.71. The van der Waals surface area contributed by atoms with Gasteiger partial charge >= 0.3 is 0 Å². The molecule has 0 aromatic heterocycles. The summed E-state index contributed by atoms with van der Waals surface area (Å²) < 4.78 is 22.1. The SMILES string of the molecule is [2H]C([2H])([2H])C12CC(I)(C1)C2. The van der Waals surface area contributed by atoms with Crippen molar-refractivity contribution in [3.63, 3.8) is 0 Å². The lowest BCUT2D eigenvalue weighted by Crippen LogP contribution is -2.61. The summed E-state index contributed by atoms with van der Waals surface area (Å²) in [6.07, 6.45) is 2.78. The fourth-order valence-electron chi connectivity index (χ4n) is 1.66. The highest BCUT2D eigenvalue weighted by molar-refractivity contribution is 14.1. The molecule has 0 unspecified atom stereocenters. The summed E-state index contributed by atoms with van der Waals surface area (Å²) in [5, 5.41) is 0. The molecular weight excluding hydrogens is 199 g/mol. The molecule has 0 saturated heterocycles. The minimum Gasteiger partial charge on any atom is -0.0788 e. The van der Waals surface area contributed by atoms with Gasteiger partial charge in [0, 0.05) is 7.53 Å². The average Bonchev–Trinajstić information content (AvgIpc) is 1.51. The van der Waals surface area contributed by atoms with Crippen molar-refractivity contribution < 1.29 is 4.11 Å². The molecule has 7 heavy (non-hydrogen) atoms. The van der Waals surface area contributed by atoms with E-state index in [9.17, 15) is 0 Å². The van der Waals surface area contributed by atoms with Gasteiger partial charge in [-0.15, -0.1) is 0 Å². The second kappa shape index (κ2) is 0.893. The van der Waals surface area contributed by atoms with Crippen LogP contribution in [0.4, 0.5) is 0 Å². The van der Waals surface area contributed by atoms with Crippen LogP contribution in [-0.2, 0) is 0 Å². The minimum atomic E-state index is -1.68. The molecule has 0 aromatic rings. The largest absolute Gasteiger partial charge is 0.0788 e. The van der Waals surface area contributed by atoms with E-state index in [-0.39, 0.29) is 5.41 Å². The minimum absolute atomic E-state index is 0.242. The third-order valence-electron chi connectivity index (χ3n) is 1.97. The number of rotatable bonds is 0. The van der Waals surface area contributed by atoms with E-state index in [1.54, 1.807) is 0 Å². The lowest BCUT2D eigenvalue weighted by Gasteiger charge is -2.66. The van der Waals surface area contributed by atoms with Gasteiger partial charge in [-0.05, 0) is 24.7 Å². The summed E-state index contributed by atoms with van der Waals surface area (Å²) >= 11 is 2.39. The molecule has 0 spiro atoms. The van der Waals surface area contributed by atoms with E-state index in [1.807, 2.05) is 0 Å². The molecule has 0 radical (unpaired) electrons. The fraction of sp³-hybridized carbons (Fsp3) is 1.00. The topological polar surface area (TPSA) is 0 Å². The van der Waals surface area contributed by atoms with Crippen molar-refractivity contribution >= 4 is 22.6 Å². The van der Waals surface area contributed by atoms with Crippen molar-refractivity contribution in [2.24, 2.45) is 5.41 Å². The smallest absolute Gasteiger partial charge is 0.0238 e. The van der Waals surface area contributed by atoms with E-state index < -0.39 is 6.85 Å². The first kappa shape index (κ1) is 2.54. The maximum absolute atomic E-state index is 7.24. The molecule has 0 aromatic carbocycles. The Bertz CT molecular complexity index is 164. The first-order valence-corrected chi connectivity index (χ1v) is 3.64. The van der Waals surface area contributed by atoms with Crippen molar-refractivity contribution in [1.82, 2.24) is 0 Å². The molecule has 0 nitrogen and oxygen atoms in total. The molecule has 0 atom stereocenters. The Balaban J connectivity index is 2.11. The van der Waals surface area contributed by atoms with Crippen LogP contribution in [0.25, 0.3) is 0 Å². The maximum Gasteiger partial charge on any atom is 0.0238 e. The molecule has 3 aliphatic carbocycles. The molecule has 0 heterocycles. The van der Waals surface area contributed by atoms with E-state index >= 15 is 0 Å². The summed E-state index contributed by atoms with van der Waals surface area (Å²) in [4.78, 5) is 0. The Hall–Kier alpha value is 0.730. The fourth-order valence-corrected chi connectivity index (χ4v) is 3.85. The molecule has 0 aliphatic heterocycles. The number of hydrogen-bond acceptors (Lipinski definition) is 0. The zero-order valence-corrected chi connectivity index (χ0v) is 6.16. The number of hydrogen-bond donors (Lipinski definition) is 0. The normalized spacial score (nSPS) is 74.1. The average molecular weight is 211 g/mol. The van der Waals surface area contributed by atoms with Gasteiger partial charge in [-0.1, -0.05) is 29.4 Å². The molecule has 2 bridgehead atoms. The van der Waals surface area contributed by atoms with Crippen molar-refractivity contribution in [1.29, 1.82) is 0 Å². The van der Waals surface area contributed by atoms with Crippen molar-refractivity contribution in [3.8, 4) is 0 Å². The van der Waals surface area contributed by atoms with Gasteiger partial charge in [0.25, 0.3) is 0 Å². The lowest BCUT2D eigenvalue weighted by atomic mass is 9.45. The standard InChI is InChI=1S/C6H9I/c1-5-2-6(7,3-5)4-5/h2-4H2,1H3/i1D3. The monoisotopic (exact) mass is 211 g/mol. The highest BCUT2D eigenvalue weighted by Gasteiger charge is 2.63. The van der Waals surface area contributed by atoms with Crippen LogP contribution in [0.3, 0.4) is 0 Å². The van der Waals surface area contributed by atoms with Crippen LogP contribution in [0.5, 0.6) is 0 Å². The molecule has 1 heteroatoms. The molecule has 3 rings (SSSR count). The third kappa shape index (κ3) is 0.429. The van der Waals surface area contributed by atoms with Gasteiger partial charge in [0.1, 0.15) is 0 Å². The van der Waals surface area contributed by atoms with Crippen molar-refractivity contribution in [2.45, 2.75) is 29.5 Å². The molecule has 3 aliphatic rings. The molecule has 3 fully saturated rings. The van der Waals surface area contributed by atoms with Crippen LogP contribution >= 0.6 is 22.6 Å². The predicted octanol–water partition coefficient (Wildman–Crippen LogP) is 2.36. The van der Waals surface area contributed by atoms with Crippen LogP contribution in [0, 0.1) is 5.41 Å². The summed E-state index contributed by atoms with van der Waals surface area (Å²) in [6.45, 7) is -1.68. The van der Waals surface area contributed by atoms with Gasteiger partial charge < -0.3 is 0 Å². The zero-order valence-electron chi connectivity index (χ0n) is 7.00. The highest BCUT2D eigenvalue weighted by atomic mass is 127. The van der Waals surface area contributed by atoms with Crippen LogP contribution in [0.2, 0.25) is 0 Å². The van der Waals surface area contributed by atoms with E-state index in [1.165, 1.54) is 0 Å². The molecule has 0 N–H and O–H groups in total. The molecule has 0 amide bonds.